The van der Waals surface area contributed by atoms with Gasteiger partial charge in [0.05, 0.1) is 11.3 Å². The Labute approximate surface area is 131 Å². The van der Waals surface area contributed by atoms with Crippen LogP contribution >= 0.6 is 11.8 Å². The van der Waals surface area contributed by atoms with Gasteiger partial charge in [0.1, 0.15) is 11.6 Å². The van der Waals surface area contributed by atoms with Crippen molar-refractivity contribution in [2.75, 3.05) is 5.75 Å². The van der Waals surface area contributed by atoms with Crippen LogP contribution in [-0.4, -0.2) is 16.8 Å². The molecule has 1 amide bonds. The van der Waals surface area contributed by atoms with Gasteiger partial charge in [-0.2, -0.15) is 0 Å². The predicted octanol–water partition coefficient (Wildman–Crippen LogP) is 2.91. The Hall–Kier alpha value is -2.47. The fourth-order valence-corrected chi connectivity index (χ4v) is 3.06. The van der Waals surface area contributed by atoms with Crippen molar-refractivity contribution < 1.29 is 14.3 Å². The summed E-state index contributed by atoms with van der Waals surface area (Å²) in [6, 6.07) is 10.8. The maximum absolute atomic E-state index is 13.4. The van der Waals surface area contributed by atoms with E-state index in [9.17, 15) is 14.3 Å². The number of hydrogen-bond donors (Lipinski definition) is 3. The Morgan fingerprint density at radius 3 is 2.86 bits per heavy atom. The molecule has 0 unspecified atom stereocenters. The van der Waals surface area contributed by atoms with E-state index in [2.05, 4.69) is 10.9 Å². The molecule has 6 heteroatoms. The standard InChI is InChI=1S/C16H13FN2O2S/c17-10-5-6-15-12(9-10)13(7-8-22-15)18-19-16(21)11-3-1-2-4-14(11)20/h1-7,9,18,20H,8H2,(H,19,21). The lowest BCUT2D eigenvalue weighted by Gasteiger charge is -2.19. The first-order chi connectivity index (χ1) is 10.6. The van der Waals surface area contributed by atoms with E-state index in [1.54, 1.807) is 30.0 Å². The molecular weight excluding hydrogens is 303 g/mol. The molecule has 0 atom stereocenters. The molecule has 0 radical (unpaired) electrons. The van der Waals surface area contributed by atoms with Crippen LogP contribution in [0.2, 0.25) is 0 Å². The minimum Gasteiger partial charge on any atom is -0.507 e. The molecule has 3 rings (SSSR count). The molecule has 112 valence electrons. The Bertz CT molecular complexity index is 762. The third kappa shape index (κ3) is 2.92. The van der Waals surface area contributed by atoms with Crippen molar-refractivity contribution in [2.24, 2.45) is 0 Å². The number of benzene rings is 2. The topological polar surface area (TPSA) is 61.4 Å². The van der Waals surface area contributed by atoms with Gasteiger partial charge in [0.15, 0.2) is 0 Å². The van der Waals surface area contributed by atoms with E-state index in [0.29, 0.717) is 11.3 Å². The first-order valence-electron chi connectivity index (χ1n) is 6.62. The molecule has 0 saturated carbocycles. The molecule has 0 aliphatic carbocycles. The van der Waals surface area contributed by atoms with Gasteiger partial charge in [-0.25, -0.2) is 4.39 Å². The smallest absolute Gasteiger partial charge is 0.273 e. The van der Waals surface area contributed by atoms with Crippen LogP contribution < -0.4 is 10.9 Å². The average Bonchev–Trinajstić information content (AvgIpc) is 2.53. The number of amides is 1. The molecule has 22 heavy (non-hydrogen) atoms. The molecule has 1 aliphatic rings. The summed E-state index contributed by atoms with van der Waals surface area (Å²) in [4.78, 5) is 13.0. The van der Waals surface area contributed by atoms with Gasteiger partial charge in [0.25, 0.3) is 5.91 Å². The largest absolute Gasteiger partial charge is 0.507 e. The van der Waals surface area contributed by atoms with Crippen LogP contribution in [-0.2, 0) is 0 Å². The Morgan fingerprint density at radius 1 is 1.23 bits per heavy atom. The normalized spacial score (nSPS) is 13.0. The summed E-state index contributed by atoms with van der Waals surface area (Å²) in [6.45, 7) is 0. The third-order valence-electron chi connectivity index (χ3n) is 3.22. The summed E-state index contributed by atoms with van der Waals surface area (Å²) >= 11 is 1.60. The summed E-state index contributed by atoms with van der Waals surface area (Å²) in [5.74, 6) is -0.162. The Morgan fingerprint density at radius 2 is 2.05 bits per heavy atom. The number of phenols is 1. The zero-order valence-corrected chi connectivity index (χ0v) is 12.3. The number of thioether (sulfide) groups is 1. The number of carbonyl (C=O) groups excluding carboxylic acids is 1. The van der Waals surface area contributed by atoms with Crippen molar-refractivity contribution in [2.45, 2.75) is 4.90 Å². The van der Waals surface area contributed by atoms with Gasteiger partial charge in [0, 0.05) is 16.2 Å². The van der Waals surface area contributed by atoms with Gasteiger partial charge < -0.3 is 5.11 Å². The van der Waals surface area contributed by atoms with Gasteiger partial charge >= 0.3 is 0 Å². The number of aromatic hydroxyl groups is 1. The second-order valence-electron chi connectivity index (χ2n) is 4.67. The van der Waals surface area contributed by atoms with Crippen LogP contribution in [0.5, 0.6) is 5.75 Å². The fourth-order valence-electron chi connectivity index (χ4n) is 2.14. The minimum atomic E-state index is -0.463. The molecule has 0 bridgehead atoms. The van der Waals surface area contributed by atoms with Gasteiger partial charge in [-0.05, 0) is 36.4 Å². The molecule has 3 N–H and O–H groups in total. The van der Waals surface area contributed by atoms with Crippen molar-refractivity contribution in [3.63, 3.8) is 0 Å². The number of para-hydroxylation sites is 1. The summed E-state index contributed by atoms with van der Waals surface area (Å²) in [7, 11) is 0. The fraction of sp³-hybridized carbons (Fsp3) is 0.0625. The third-order valence-corrected chi connectivity index (χ3v) is 4.22. The zero-order chi connectivity index (χ0) is 15.5. The quantitative estimate of drug-likeness (QED) is 0.762. The van der Waals surface area contributed by atoms with Crippen LogP contribution in [0.3, 0.4) is 0 Å². The van der Waals surface area contributed by atoms with E-state index < -0.39 is 5.91 Å². The number of fused-ring (bicyclic) bond motifs is 1. The van der Waals surface area contributed by atoms with Gasteiger partial charge in [-0.15, -0.1) is 11.8 Å². The summed E-state index contributed by atoms with van der Waals surface area (Å²) in [6.07, 6.45) is 1.87. The van der Waals surface area contributed by atoms with E-state index in [0.717, 1.165) is 10.6 Å². The molecular formula is C16H13FN2O2S. The lowest BCUT2D eigenvalue weighted by Crippen LogP contribution is -2.36. The highest BCUT2D eigenvalue weighted by Gasteiger charge is 2.16. The summed E-state index contributed by atoms with van der Waals surface area (Å²) in [5.41, 5.74) is 6.83. The molecule has 1 aliphatic heterocycles. The van der Waals surface area contributed by atoms with Crippen molar-refractivity contribution in [1.29, 1.82) is 0 Å². The summed E-state index contributed by atoms with van der Waals surface area (Å²) in [5, 5.41) is 9.66. The van der Waals surface area contributed by atoms with Crippen molar-refractivity contribution in [3.8, 4) is 5.75 Å². The number of halogens is 1. The molecule has 2 aromatic carbocycles. The van der Waals surface area contributed by atoms with Crippen LogP contribution in [0.4, 0.5) is 4.39 Å². The monoisotopic (exact) mass is 316 g/mol. The van der Waals surface area contributed by atoms with Crippen molar-refractivity contribution >= 4 is 23.4 Å². The van der Waals surface area contributed by atoms with Crippen LogP contribution in [0.1, 0.15) is 15.9 Å². The molecule has 4 nitrogen and oxygen atoms in total. The summed E-state index contributed by atoms with van der Waals surface area (Å²) < 4.78 is 13.4. The second kappa shape index (κ2) is 6.11. The van der Waals surface area contributed by atoms with E-state index in [4.69, 9.17) is 0 Å². The predicted molar refractivity (Wildman–Crippen MR) is 83.8 cm³/mol. The Balaban J connectivity index is 1.75. The lowest BCUT2D eigenvalue weighted by atomic mass is 10.1. The van der Waals surface area contributed by atoms with Gasteiger partial charge in [-0.3, -0.25) is 15.6 Å². The van der Waals surface area contributed by atoms with Crippen molar-refractivity contribution in [1.82, 2.24) is 10.9 Å². The highest BCUT2D eigenvalue weighted by atomic mass is 32.2. The molecule has 0 fully saturated rings. The number of hydrazine groups is 1. The van der Waals surface area contributed by atoms with Crippen LogP contribution in [0, 0.1) is 5.82 Å². The molecule has 0 aromatic heterocycles. The highest BCUT2D eigenvalue weighted by Crippen LogP contribution is 2.32. The number of hydrogen-bond acceptors (Lipinski definition) is 4. The van der Waals surface area contributed by atoms with E-state index in [1.807, 2.05) is 6.08 Å². The van der Waals surface area contributed by atoms with Crippen molar-refractivity contribution in [3.05, 3.63) is 65.5 Å². The van der Waals surface area contributed by atoms with E-state index >= 15 is 0 Å². The number of rotatable bonds is 3. The first kappa shape index (κ1) is 14.5. The number of nitrogens with one attached hydrogen (secondary N) is 2. The van der Waals surface area contributed by atoms with Crippen LogP contribution in [0.15, 0.2) is 53.4 Å². The second-order valence-corrected chi connectivity index (χ2v) is 5.73. The molecule has 0 saturated heterocycles. The maximum atomic E-state index is 13.4. The van der Waals surface area contributed by atoms with Crippen LogP contribution in [0.25, 0.3) is 5.70 Å². The highest BCUT2D eigenvalue weighted by molar-refractivity contribution is 7.99. The number of phenolic OH excluding ortho intramolecular Hbond substituents is 1. The molecule has 2 aromatic rings. The number of carbonyl (C=O) groups is 1. The Kier molecular flexibility index (Phi) is 4.02. The average molecular weight is 316 g/mol. The SMILES string of the molecule is O=C(NNC1=CCSc2ccc(F)cc21)c1ccccc1O. The first-order valence-corrected chi connectivity index (χ1v) is 7.61. The van der Waals surface area contributed by atoms with E-state index in [1.165, 1.54) is 24.3 Å². The molecule has 0 spiro atoms. The minimum absolute atomic E-state index is 0.0959. The van der Waals surface area contributed by atoms with Gasteiger partial charge in [-0.1, -0.05) is 12.1 Å². The lowest BCUT2D eigenvalue weighted by molar-refractivity contribution is 0.0939. The maximum Gasteiger partial charge on any atom is 0.273 e. The molecule has 1 heterocycles. The zero-order valence-electron chi connectivity index (χ0n) is 11.5. The van der Waals surface area contributed by atoms with Gasteiger partial charge in [0.2, 0.25) is 0 Å². The van der Waals surface area contributed by atoms with E-state index in [-0.39, 0.29) is 17.1 Å².